The summed E-state index contributed by atoms with van der Waals surface area (Å²) >= 11 is 1.47. The molecular weight excluding hydrogens is 332 g/mol. The van der Waals surface area contributed by atoms with E-state index in [2.05, 4.69) is 35.5 Å². The summed E-state index contributed by atoms with van der Waals surface area (Å²) in [7, 11) is 2.16. The fraction of sp³-hybridized carbons (Fsp3) is 0.263. The van der Waals surface area contributed by atoms with Gasteiger partial charge in [0, 0.05) is 16.5 Å². The van der Waals surface area contributed by atoms with Crippen molar-refractivity contribution in [1.82, 2.24) is 9.88 Å². The van der Waals surface area contributed by atoms with E-state index in [0.29, 0.717) is 5.69 Å². The van der Waals surface area contributed by atoms with Crippen LogP contribution in [0, 0.1) is 0 Å². The van der Waals surface area contributed by atoms with Crippen LogP contribution in [0.1, 0.15) is 10.5 Å². The van der Waals surface area contributed by atoms with Gasteiger partial charge in [-0.2, -0.15) is 0 Å². The number of nitrogens with zero attached hydrogens (tertiary/aromatic N) is 2. The molecule has 1 aliphatic rings. The number of hydrogen-bond acceptors (Lipinski definition) is 4. The average Bonchev–Trinajstić information content (AvgIpc) is 3.11. The number of amides is 1. The molecule has 2 N–H and O–H groups in total. The van der Waals surface area contributed by atoms with Crippen LogP contribution in [0.25, 0.3) is 10.8 Å². The standard InChI is InChI=1S/C19H20N4OS/c1-22-9-11-23(12-10-22)18(24)17-13-25-19(21-17)20-16-8-4-6-14-5-2-3-7-15(14)16/h2-8,13H,9-12H2,1H3,(H,20,21)/p+1. The van der Waals surface area contributed by atoms with E-state index in [1.165, 1.54) is 21.6 Å². The second-order valence-corrected chi connectivity index (χ2v) is 7.30. The molecule has 1 amide bonds. The highest BCUT2D eigenvalue weighted by atomic mass is 32.1. The molecule has 5 nitrogen and oxygen atoms in total. The first-order chi connectivity index (χ1) is 12.2. The lowest BCUT2D eigenvalue weighted by molar-refractivity contribution is -0.883. The fourth-order valence-electron chi connectivity index (χ4n) is 3.13. The van der Waals surface area contributed by atoms with E-state index >= 15 is 0 Å². The summed E-state index contributed by atoms with van der Waals surface area (Å²) < 4.78 is 0. The molecule has 25 heavy (non-hydrogen) atoms. The van der Waals surface area contributed by atoms with Gasteiger partial charge in [0.1, 0.15) is 5.69 Å². The highest BCUT2D eigenvalue weighted by molar-refractivity contribution is 7.14. The van der Waals surface area contributed by atoms with Gasteiger partial charge in [-0.25, -0.2) is 4.98 Å². The summed E-state index contributed by atoms with van der Waals surface area (Å²) in [4.78, 5) is 20.5. The number of thiazole rings is 1. The van der Waals surface area contributed by atoms with E-state index in [1.54, 1.807) is 0 Å². The SMILES string of the molecule is C[NH+]1CCN(C(=O)c2csc(Nc3cccc4ccccc34)n2)CC1. The molecule has 0 aliphatic carbocycles. The third-order valence-corrected chi connectivity index (χ3v) is 5.42. The Bertz CT molecular complexity index is 894. The predicted octanol–water partition coefficient (Wildman–Crippen LogP) is 2.01. The molecule has 1 fully saturated rings. The molecular formula is C19H21N4OS+. The molecule has 0 saturated carbocycles. The van der Waals surface area contributed by atoms with Gasteiger partial charge in [-0.15, -0.1) is 11.3 Å². The lowest BCUT2D eigenvalue weighted by Crippen LogP contribution is -3.12. The van der Waals surface area contributed by atoms with Gasteiger partial charge in [-0.1, -0.05) is 36.4 Å². The highest BCUT2D eigenvalue weighted by Gasteiger charge is 2.24. The van der Waals surface area contributed by atoms with E-state index in [-0.39, 0.29) is 5.91 Å². The summed E-state index contributed by atoms with van der Waals surface area (Å²) in [5.41, 5.74) is 1.54. The Morgan fingerprint density at radius 3 is 2.76 bits per heavy atom. The van der Waals surface area contributed by atoms with Crippen LogP contribution in [0.2, 0.25) is 0 Å². The Morgan fingerprint density at radius 2 is 1.92 bits per heavy atom. The van der Waals surface area contributed by atoms with Crippen LogP contribution in [-0.4, -0.2) is 49.0 Å². The van der Waals surface area contributed by atoms with Crippen LogP contribution >= 0.6 is 11.3 Å². The number of aromatic nitrogens is 1. The number of piperazine rings is 1. The Hall–Kier alpha value is -2.44. The zero-order valence-corrected chi connectivity index (χ0v) is 15.0. The number of carbonyl (C=O) groups is 1. The van der Waals surface area contributed by atoms with Crippen molar-refractivity contribution >= 4 is 38.8 Å². The van der Waals surface area contributed by atoms with Crippen molar-refractivity contribution < 1.29 is 9.69 Å². The van der Waals surface area contributed by atoms with Crippen LogP contribution in [-0.2, 0) is 0 Å². The molecule has 0 bridgehead atoms. The molecule has 6 heteroatoms. The predicted molar refractivity (Wildman–Crippen MR) is 102 cm³/mol. The van der Waals surface area contributed by atoms with Gasteiger partial charge >= 0.3 is 0 Å². The number of anilines is 2. The molecule has 1 aliphatic heterocycles. The molecule has 2 heterocycles. The van der Waals surface area contributed by atoms with E-state index in [4.69, 9.17) is 0 Å². The first kappa shape index (κ1) is 16.1. The van der Waals surface area contributed by atoms with Gasteiger partial charge in [0.25, 0.3) is 5.91 Å². The van der Waals surface area contributed by atoms with Crippen LogP contribution in [0.3, 0.4) is 0 Å². The van der Waals surface area contributed by atoms with Crippen LogP contribution in [0.15, 0.2) is 47.8 Å². The van der Waals surface area contributed by atoms with Crippen molar-refractivity contribution in [2.45, 2.75) is 0 Å². The lowest BCUT2D eigenvalue weighted by atomic mass is 10.1. The summed E-state index contributed by atoms with van der Waals surface area (Å²) in [6.45, 7) is 3.59. The highest BCUT2D eigenvalue weighted by Crippen LogP contribution is 2.28. The number of benzene rings is 2. The van der Waals surface area contributed by atoms with Crippen LogP contribution < -0.4 is 10.2 Å². The fourth-order valence-corrected chi connectivity index (χ4v) is 3.83. The maximum Gasteiger partial charge on any atom is 0.273 e. The molecule has 1 aromatic heterocycles. The van der Waals surface area contributed by atoms with Crippen molar-refractivity contribution in [3.8, 4) is 0 Å². The normalized spacial score (nSPS) is 15.5. The van der Waals surface area contributed by atoms with Gasteiger partial charge in [0.15, 0.2) is 5.13 Å². The largest absolute Gasteiger partial charge is 0.334 e. The topological polar surface area (TPSA) is 49.7 Å². The van der Waals surface area contributed by atoms with Gasteiger partial charge in [0.05, 0.1) is 33.2 Å². The number of quaternary nitrogens is 1. The maximum atomic E-state index is 12.6. The summed E-state index contributed by atoms with van der Waals surface area (Å²) in [6.07, 6.45) is 0. The molecule has 0 unspecified atom stereocenters. The Kier molecular flexibility index (Phi) is 4.38. The van der Waals surface area contributed by atoms with E-state index in [0.717, 1.165) is 42.4 Å². The molecule has 0 spiro atoms. The first-order valence-electron chi connectivity index (χ1n) is 8.51. The third kappa shape index (κ3) is 3.36. The molecule has 128 valence electrons. The van der Waals surface area contributed by atoms with Crippen LogP contribution in [0.4, 0.5) is 10.8 Å². The number of likely N-dealkylation sites (N-methyl/N-ethyl adjacent to an activating group) is 1. The minimum atomic E-state index is 0.0368. The molecule has 2 aromatic carbocycles. The maximum absolute atomic E-state index is 12.6. The number of carbonyl (C=O) groups excluding carboxylic acids is 1. The molecule has 1 saturated heterocycles. The Balaban J connectivity index is 1.52. The van der Waals surface area contributed by atoms with Crippen molar-refractivity contribution in [3.63, 3.8) is 0 Å². The average molecular weight is 353 g/mol. The monoisotopic (exact) mass is 353 g/mol. The van der Waals surface area contributed by atoms with Gasteiger partial charge in [-0.05, 0) is 11.5 Å². The summed E-state index contributed by atoms with van der Waals surface area (Å²) in [6, 6.07) is 14.4. The Morgan fingerprint density at radius 1 is 1.16 bits per heavy atom. The number of rotatable bonds is 3. The third-order valence-electron chi connectivity index (χ3n) is 4.66. The smallest absolute Gasteiger partial charge is 0.273 e. The second-order valence-electron chi connectivity index (χ2n) is 6.44. The van der Waals surface area contributed by atoms with Crippen molar-refractivity contribution in [1.29, 1.82) is 0 Å². The quantitative estimate of drug-likeness (QED) is 0.757. The minimum absolute atomic E-state index is 0.0368. The minimum Gasteiger partial charge on any atom is -0.334 e. The second kappa shape index (κ2) is 6.82. The van der Waals surface area contributed by atoms with Gasteiger partial charge in [0.2, 0.25) is 0 Å². The molecule has 0 atom stereocenters. The number of hydrogen-bond donors (Lipinski definition) is 2. The zero-order valence-electron chi connectivity index (χ0n) is 14.2. The van der Waals surface area contributed by atoms with Gasteiger partial charge in [-0.3, -0.25) is 4.79 Å². The van der Waals surface area contributed by atoms with Crippen molar-refractivity contribution in [2.75, 3.05) is 38.5 Å². The Labute approximate surface area is 150 Å². The summed E-state index contributed by atoms with van der Waals surface area (Å²) in [5.74, 6) is 0.0368. The van der Waals surface area contributed by atoms with E-state index < -0.39 is 0 Å². The van der Waals surface area contributed by atoms with Crippen LogP contribution in [0.5, 0.6) is 0 Å². The van der Waals surface area contributed by atoms with Crippen molar-refractivity contribution in [3.05, 3.63) is 53.5 Å². The lowest BCUT2D eigenvalue weighted by Gasteiger charge is -2.29. The van der Waals surface area contributed by atoms with E-state index in [1.807, 2.05) is 34.5 Å². The zero-order chi connectivity index (χ0) is 17.2. The van der Waals surface area contributed by atoms with Crippen molar-refractivity contribution in [2.24, 2.45) is 0 Å². The number of nitrogens with one attached hydrogen (secondary N) is 2. The number of fused-ring (bicyclic) bond motifs is 1. The molecule has 3 aromatic rings. The molecule has 0 radical (unpaired) electrons. The summed E-state index contributed by atoms with van der Waals surface area (Å²) in [5, 5.41) is 8.29. The molecule has 4 rings (SSSR count). The first-order valence-corrected chi connectivity index (χ1v) is 9.39. The van der Waals surface area contributed by atoms with Gasteiger partial charge < -0.3 is 15.1 Å². The van der Waals surface area contributed by atoms with E-state index in [9.17, 15) is 4.79 Å².